The standard InChI is InChI=1S/C10H14N2O3S/c1-7(5-13)16-6-8-4-9(12(14)15)2-3-10(8)11/h2-4,7,13H,5-6,11H2,1H3. The van der Waals surface area contributed by atoms with E-state index >= 15 is 0 Å². The van der Waals surface area contributed by atoms with Gasteiger partial charge in [-0.25, -0.2) is 0 Å². The van der Waals surface area contributed by atoms with Gasteiger partial charge in [-0.1, -0.05) is 6.92 Å². The zero-order valence-electron chi connectivity index (χ0n) is 8.92. The maximum atomic E-state index is 10.6. The van der Waals surface area contributed by atoms with Crippen LogP contribution in [0, 0.1) is 10.1 Å². The van der Waals surface area contributed by atoms with Gasteiger partial charge in [0.15, 0.2) is 0 Å². The second kappa shape index (κ2) is 5.72. The normalized spacial score (nSPS) is 12.4. The molecule has 0 heterocycles. The SMILES string of the molecule is CC(CO)SCc1cc([N+](=O)[O-])ccc1N. The van der Waals surface area contributed by atoms with Crippen LogP contribution in [0.2, 0.25) is 0 Å². The Kier molecular flexibility index (Phi) is 4.57. The third-order valence-electron chi connectivity index (χ3n) is 2.12. The molecule has 0 spiro atoms. The number of anilines is 1. The Morgan fingerprint density at radius 2 is 2.31 bits per heavy atom. The van der Waals surface area contributed by atoms with Crippen LogP contribution in [-0.2, 0) is 5.75 Å². The molecule has 0 bridgehead atoms. The Labute approximate surface area is 97.8 Å². The molecule has 0 saturated carbocycles. The average molecular weight is 242 g/mol. The van der Waals surface area contributed by atoms with Crippen molar-refractivity contribution in [2.45, 2.75) is 17.9 Å². The summed E-state index contributed by atoms with van der Waals surface area (Å²) in [6.45, 7) is 1.97. The predicted octanol–water partition coefficient (Wildman–Crippen LogP) is 1.79. The highest BCUT2D eigenvalue weighted by Crippen LogP contribution is 2.25. The number of non-ortho nitro benzene ring substituents is 1. The van der Waals surface area contributed by atoms with Gasteiger partial charge < -0.3 is 10.8 Å². The number of hydrogen-bond acceptors (Lipinski definition) is 5. The second-order valence-electron chi connectivity index (χ2n) is 3.44. The van der Waals surface area contributed by atoms with Gasteiger partial charge in [0.05, 0.1) is 11.5 Å². The summed E-state index contributed by atoms with van der Waals surface area (Å²) in [4.78, 5) is 10.1. The molecule has 6 heteroatoms. The molecule has 1 rings (SSSR count). The lowest BCUT2D eigenvalue weighted by atomic mass is 10.2. The number of nitrogen functional groups attached to an aromatic ring is 1. The zero-order chi connectivity index (χ0) is 12.1. The lowest BCUT2D eigenvalue weighted by Crippen LogP contribution is -2.03. The molecule has 0 aliphatic rings. The number of thioether (sulfide) groups is 1. The van der Waals surface area contributed by atoms with E-state index in [1.165, 1.54) is 30.0 Å². The first-order valence-corrected chi connectivity index (χ1v) is 5.84. The van der Waals surface area contributed by atoms with Gasteiger partial charge in [-0.05, 0) is 11.6 Å². The van der Waals surface area contributed by atoms with Crippen molar-refractivity contribution in [3.8, 4) is 0 Å². The Morgan fingerprint density at radius 3 is 2.88 bits per heavy atom. The molecule has 0 amide bonds. The molecule has 1 atom stereocenters. The third kappa shape index (κ3) is 3.39. The lowest BCUT2D eigenvalue weighted by Gasteiger charge is -2.09. The highest BCUT2D eigenvalue weighted by atomic mass is 32.2. The van der Waals surface area contributed by atoms with Gasteiger partial charge in [0, 0.05) is 28.8 Å². The van der Waals surface area contributed by atoms with E-state index < -0.39 is 4.92 Å². The van der Waals surface area contributed by atoms with Crippen molar-refractivity contribution in [3.63, 3.8) is 0 Å². The summed E-state index contributed by atoms with van der Waals surface area (Å²) < 4.78 is 0. The zero-order valence-corrected chi connectivity index (χ0v) is 9.74. The molecule has 1 aromatic rings. The minimum absolute atomic E-state index is 0.0430. The number of benzene rings is 1. The minimum Gasteiger partial charge on any atom is -0.398 e. The van der Waals surface area contributed by atoms with Crippen LogP contribution in [0.3, 0.4) is 0 Å². The molecule has 0 aromatic heterocycles. The number of nitrogens with zero attached hydrogens (tertiary/aromatic N) is 1. The van der Waals surface area contributed by atoms with E-state index in [-0.39, 0.29) is 17.5 Å². The quantitative estimate of drug-likeness (QED) is 0.467. The fourth-order valence-corrected chi connectivity index (χ4v) is 1.93. The summed E-state index contributed by atoms with van der Waals surface area (Å²) in [6.07, 6.45) is 0. The van der Waals surface area contributed by atoms with Crippen molar-refractivity contribution in [3.05, 3.63) is 33.9 Å². The molecular weight excluding hydrogens is 228 g/mol. The molecule has 3 N–H and O–H groups in total. The van der Waals surface area contributed by atoms with Gasteiger partial charge in [-0.3, -0.25) is 10.1 Å². The molecule has 16 heavy (non-hydrogen) atoms. The summed E-state index contributed by atoms with van der Waals surface area (Å²) in [6, 6.07) is 4.41. The topological polar surface area (TPSA) is 89.4 Å². The van der Waals surface area contributed by atoms with Gasteiger partial charge in [0.2, 0.25) is 0 Å². The number of rotatable bonds is 5. The summed E-state index contributed by atoms with van der Waals surface area (Å²) in [5.41, 5.74) is 7.04. The highest BCUT2D eigenvalue weighted by molar-refractivity contribution is 7.99. The average Bonchev–Trinajstić information content (AvgIpc) is 2.27. The van der Waals surface area contributed by atoms with Gasteiger partial charge in [0.1, 0.15) is 0 Å². The fraction of sp³-hybridized carbons (Fsp3) is 0.400. The Bertz CT molecular complexity index is 384. The smallest absolute Gasteiger partial charge is 0.269 e. The van der Waals surface area contributed by atoms with Crippen LogP contribution >= 0.6 is 11.8 Å². The monoisotopic (exact) mass is 242 g/mol. The van der Waals surface area contributed by atoms with Crippen LogP contribution in [0.4, 0.5) is 11.4 Å². The van der Waals surface area contributed by atoms with Crippen LogP contribution in [0.15, 0.2) is 18.2 Å². The predicted molar refractivity (Wildman–Crippen MR) is 65.4 cm³/mol. The van der Waals surface area contributed by atoms with Gasteiger partial charge >= 0.3 is 0 Å². The Hall–Kier alpha value is -1.27. The van der Waals surface area contributed by atoms with E-state index in [1.54, 1.807) is 0 Å². The maximum absolute atomic E-state index is 10.6. The van der Waals surface area contributed by atoms with E-state index in [0.717, 1.165) is 5.56 Å². The fourth-order valence-electron chi connectivity index (χ4n) is 1.12. The summed E-state index contributed by atoms with van der Waals surface area (Å²) in [7, 11) is 0. The number of nitro groups is 1. The first kappa shape index (κ1) is 12.8. The summed E-state index contributed by atoms with van der Waals surface area (Å²) in [5, 5.41) is 19.5. The molecule has 1 unspecified atom stereocenters. The molecule has 1 aromatic carbocycles. The molecular formula is C10H14N2O3S. The van der Waals surface area contributed by atoms with Crippen LogP contribution in [0.1, 0.15) is 12.5 Å². The van der Waals surface area contributed by atoms with E-state index in [2.05, 4.69) is 0 Å². The van der Waals surface area contributed by atoms with Gasteiger partial charge in [0.25, 0.3) is 5.69 Å². The van der Waals surface area contributed by atoms with E-state index in [9.17, 15) is 10.1 Å². The van der Waals surface area contributed by atoms with Gasteiger partial charge in [-0.2, -0.15) is 11.8 Å². The van der Waals surface area contributed by atoms with Crippen molar-refractivity contribution in [1.29, 1.82) is 0 Å². The van der Waals surface area contributed by atoms with Crippen LogP contribution in [0.5, 0.6) is 0 Å². The molecule has 5 nitrogen and oxygen atoms in total. The molecule has 0 radical (unpaired) electrons. The Morgan fingerprint density at radius 1 is 1.62 bits per heavy atom. The first-order valence-electron chi connectivity index (χ1n) is 4.80. The molecule has 0 aliphatic carbocycles. The van der Waals surface area contributed by atoms with Crippen molar-refractivity contribution in [2.24, 2.45) is 0 Å². The van der Waals surface area contributed by atoms with Crippen LogP contribution < -0.4 is 5.73 Å². The highest BCUT2D eigenvalue weighted by Gasteiger charge is 2.10. The molecule has 0 saturated heterocycles. The molecule has 0 fully saturated rings. The number of aliphatic hydroxyl groups excluding tert-OH is 1. The van der Waals surface area contributed by atoms with Crippen molar-refractivity contribution in [2.75, 3.05) is 12.3 Å². The van der Waals surface area contributed by atoms with E-state index in [1.807, 2.05) is 6.92 Å². The summed E-state index contributed by atoms with van der Waals surface area (Å²) in [5.74, 6) is 0.565. The second-order valence-corrected chi connectivity index (χ2v) is 4.87. The van der Waals surface area contributed by atoms with Crippen molar-refractivity contribution < 1.29 is 10.0 Å². The van der Waals surface area contributed by atoms with E-state index in [4.69, 9.17) is 10.8 Å². The molecule has 0 aliphatic heterocycles. The van der Waals surface area contributed by atoms with Crippen LogP contribution in [-0.4, -0.2) is 21.9 Å². The van der Waals surface area contributed by atoms with E-state index in [0.29, 0.717) is 11.4 Å². The summed E-state index contributed by atoms with van der Waals surface area (Å²) >= 11 is 1.51. The van der Waals surface area contributed by atoms with Gasteiger partial charge in [-0.15, -0.1) is 0 Å². The third-order valence-corrected chi connectivity index (χ3v) is 3.31. The van der Waals surface area contributed by atoms with Crippen molar-refractivity contribution >= 4 is 23.1 Å². The lowest BCUT2D eigenvalue weighted by molar-refractivity contribution is -0.384. The number of hydrogen-bond donors (Lipinski definition) is 2. The van der Waals surface area contributed by atoms with Crippen molar-refractivity contribution in [1.82, 2.24) is 0 Å². The maximum Gasteiger partial charge on any atom is 0.269 e. The number of nitrogens with two attached hydrogens (primary N) is 1. The number of nitro benzene ring substituents is 1. The Balaban J connectivity index is 2.78. The number of aliphatic hydroxyl groups is 1. The largest absolute Gasteiger partial charge is 0.398 e. The molecule has 88 valence electrons. The minimum atomic E-state index is -0.441. The van der Waals surface area contributed by atoms with Crippen LogP contribution in [0.25, 0.3) is 0 Å². The first-order chi connectivity index (χ1) is 7.54.